The van der Waals surface area contributed by atoms with Crippen molar-refractivity contribution >= 4 is 23.6 Å². The van der Waals surface area contributed by atoms with Crippen molar-refractivity contribution in [3.8, 4) is 5.75 Å². The van der Waals surface area contributed by atoms with Crippen molar-refractivity contribution in [2.24, 2.45) is 5.92 Å². The van der Waals surface area contributed by atoms with Gasteiger partial charge in [0.1, 0.15) is 0 Å². The third kappa shape index (κ3) is 6.44. The van der Waals surface area contributed by atoms with Gasteiger partial charge in [0.15, 0.2) is 12.4 Å². The van der Waals surface area contributed by atoms with Gasteiger partial charge in [0.25, 0.3) is 5.91 Å². The number of carbonyl (C=O) groups excluding carboxylic acids is 3. The summed E-state index contributed by atoms with van der Waals surface area (Å²) in [6.45, 7) is 3.26. The van der Waals surface area contributed by atoms with E-state index in [0.717, 1.165) is 31.7 Å². The first-order valence-electron chi connectivity index (χ1n) is 9.50. The zero-order valence-electron chi connectivity index (χ0n) is 16.4. The van der Waals surface area contributed by atoms with Crippen LogP contribution in [0.2, 0.25) is 0 Å². The van der Waals surface area contributed by atoms with Crippen molar-refractivity contribution in [3.63, 3.8) is 0 Å². The maximum atomic E-state index is 12.1. The zero-order valence-corrected chi connectivity index (χ0v) is 16.4. The van der Waals surface area contributed by atoms with Gasteiger partial charge >= 0.3 is 17.7 Å². The predicted octanol–water partition coefficient (Wildman–Crippen LogP) is 2.55. The molecule has 1 aliphatic carbocycles. The van der Waals surface area contributed by atoms with Gasteiger partial charge in [-0.2, -0.15) is 0 Å². The minimum atomic E-state index is -0.924. The van der Waals surface area contributed by atoms with Gasteiger partial charge in [0.05, 0.1) is 17.1 Å². The highest BCUT2D eigenvalue weighted by Gasteiger charge is 2.24. The molecule has 10 heteroatoms. The molecular formula is C19H25N3O7. The number of carbonyl (C=O) groups is 3. The third-order valence-corrected chi connectivity index (χ3v) is 4.71. The Bertz CT molecular complexity index is 781. The van der Waals surface area contributed by atoms with Crippen molar-refractivity contribution < 1.29 is 28.8 Å². The predicted molar refractivity (Wildman–Crippen MR) is 103 cm³/mol. The summed E-state index contributed by atoms with van der Waals surface area (Å²) in [4.78, 5) is 46.3. The number of ether oxygens (including phenoxy) is 2. The van der Waals surface area contributed by atoms with Crippen molar-refractivity contribution in [3.05, 3.63) is 33.9 Å². The number of nitrogens with zero attached hydrogens (tertiary/aromatic N) is 1. The lowest BCUT2D eigenvalue weighted by molar-refractivity contribution is -0.385. The van der Waals surface area contributed by atoms with Gasteiger partial charge in [-0.15, -0.1) is 0 Å². The van der Waals surface area contributed by atoms with Crippen LogP contribution in [0.25, 0.3) is 0 Å². The van der Waals surface area contributed by atoms with Crippen molar-refractivity contribution in [1.29, 1.82) is 0 Å². The van der Waals surface area contributed by atoms with Crippen LogP contribution in [0.3, 0.4) is 0 Å². The second kappa shape index (κ2) is 10.4. The molecule has 3 amide bonds. The molecular weight excluding hydrogens is 382 g/mol. The molecule has 158 valence electrons. The first kappa shape index (κ1) is 22.1. The highest BCUT2D eigenvalue weighted by atomic mass is 16.6. The molecule has 0 saturated heterocycles. The Labute approximate surface area is 168 Å². The number of nitrogens with one attached hydrogen (secondary N) is 2. The van der Waals surface area contributed by atoms with Gasteiger partial charge in [-0.3, -0.25) is 20.2 Å². The van der Waals surface area contributed by atoms with E-state index in [0.29, 0.717) is 5.92 Å². The molecule has 0 radical (unpaired) electrons. The third-order valence-electron chi connectivity index (χ3n) is 4.71. The van der Waals surface area contributed by atoms with E-state index in [9.17, 15) is 24.5 Å². The zero-order chi connectivity index (χ0) is 21.4. The Balaban J connectivity index is 1.86. The standard InChI is InChI=1S/C19H25N3O7/c1-3-28-16-9-8-13(10-15(16)22(26)27)18(24)29-11-17(23)21-19(25)20-14-7-5-4-6-12(14)2/h8-10,12,14H,3-7,11H2,1-2H3,(H2,20,21,23,25)/t12-,14-/m0/s1. The van der Waals surface area contributed by atoms with E-state index in [1.54, 1.807) is 6.92 Å². The minimum absolute atomic E-state index is 0.00324. The second-order valence-electron chi connectivity index (χ2n) is 6.84. The van der Waals surface area contributed by atoms with E-state index >= 15 is 0 Å². The van der Waals surface area contributed by atoms with E-state index in [2.05, 4.69) is 10.6 Å². The average Bonchev–Trinajstić information content (AvgIpc) is 2.68. The van der Waals surface area contributed by atoms with Crippen LogP contribution in [0.4, 0.5) is 10.5 Å². The maximum Gasteiger partial charge on any atom is 0.338 e. The van der Waals surface area contributed by atoms with E-state index in [-0.39, 0.29) is 29.6 Å². The number of amides is 3. The lowest BCUT2D eigenvalue weighted by Gasteiger charge is -2.29. The van der Waals surface area contributed by atoms with Gasteiger partial charge in [0, 0.05) is 12.1 Å². The summed E-state index contributed by atoms with van der Waals surface area (Å²) in [5.74, 6) is -1.36. The van der Waals surface area contributed by atoms with Crippen LogP contribution in [0, 0.1) is 16.0 Å². The highest BCUT2D eigenvalue weighted by Crippen LogP contribution is 2.28. The molecule has 0 unspecified atom stereocenters. The van der Waals surface area contributed by atoms with Crippen molar-refractivity contribution in [1.82, 2.24) is 10.6 Å². The quantitative estimate of drug-likeness (QED) is 0.402. The van der Waals surface area contributed by atoms with Crippen LogP contribution in [0.15, 0.2) is 18.2 Å². The largest absolute Gasteiger partial charge is 0.487 e. The fourth-order valence-corrected chi connectivity index (χ4v) is 3.18. The van der Waals surface area contributed by atoms with Crippen LogP contribution in [-0.2, 0) is 9.53 Å². The number of urea groups is 1. The molecule has 29 heavy (non-hydrogen) atoms. The normalized spacial score (nSPS) is 18.4. The van der Waals surface area contributed by atoms with Gasteiger partial charge in [-0.05, 0) is 37.8 Å². The smallest absolute Gasteiger partial charge is 0.338 e. The Kier molecular flexibility index (Phi) is 7.93. The Morgan fingerprint density at radius 1 is 1.24 bits per heavy atom. The molecule has 1 aromatic carbocycles. The number of esters is 1. The molecule has 0 bridgehead atoms. The van der Waals surface area contributed by atoms with Crippen LogP contribution in [0.5, 0.6) is 5.75 Å². The summed E-state index contributed by atoms with van der Waals surface area (Å²) >= 11 is 0. The van der Waals surface area contributed by atoms with E-state index < -0.39 is 29.4 Å². The molecule has 2 rings (SSSR count). The number of imide groups is 1. The SMILES string of the molecule is CCOc1ccc(C(=O)OCC(=O)NC(=O)N[C@H]2CCCC[C@@H]2C)cc1[N+](=O)[O-]. The summed E-state index contributed by atoms with van der Waals surface area (Å²) in [7, 11) is 0. The van der Waals surface area contributed by atoms with Crippen LogP contribution < -0.4 is 15.4 Å². The molecule has 1 fully saturated rings. The Hall–Kier alpha value is -3.17. The molecule has 2 atom stereocenters. The first-order valence-corrected chi connectivity index (χ1v) is 9.50. The summed E-state index contributed by atoms with van der Waals surface area (Å²) in [5, 5.41) is 16.0. The number of benzene rings is 1. The van der Waals surface area contributed by atoms with Gasteiger partial charge < -0.3 is 14.8 Å². The lowest BCUT2D eigenvalue weighted by atomic mass is 9.86. The maximum absolute atomic E-state index is 12.1. The molecule has 2 N–H and O–H groups in total. The summed E-state index contributed by atoms with van der Waals surface area (Å²) in [5.41, 5.74) is -0.486. The van der Waals surface area contributed by atoms with Gasteiger partial charge in [0.2, 0.25) is 0 Å². The number of nitro benzene ring substituents is 1. The molecule has 0 spiro atoms. The minimum Gasteiger partial charge on any atom is -0.487 e. The number of hydrogen-bond donors (Lipinski definition) is 2. The summed E-state index contributed by atoms with van der Waals surface area (Å²) in [6.07, 6.45) is 4.02. The first-order chi connectivity index (χ1) is 13.8. The van der Waals surface area contributed by atoms with Crippen LogP contribution >= 0.6 is 0 Å². The average molecular weight is 407 g/mol. The molecule has 0 heterocycles. The van der Waals surface area contributed by atoms with E-state index in [1.807, 2.05) is 6.92 Å². The summed E-state index contributed by atoms with van der Waals surface area (Å²) < 4.78 is 9.98. The molecule has 1 aromatic rings. The van der Waals surface area contributed by atoms with Crippen molar-refractivity contribution in [2.75, 3.05) is 13.2 Å². The lowest BCUT2D eigenvalue weighted by Crippen LogP contribution is -2.48. The number of rotatable bonds is 7. The van der Waals surface area contributed by atoms with Crippen LogP contribution in [-0.4, -0.2) is 42.1 Å². The monoisotopic (exact) mass is 407 g/mol. The van der Waals surface area contributed by atoms with E-state index in [4.69, 9.17) is 9.47 Å². The van der Waals surface area contributed by atoms with Crippen molar-refractivity contribution in [2.45, 2.75) is 45.6 Å². The Morgan fingerprint density at radius 2 is 1.97 bits per heavy atom. The summed E-state index contributed by atoms with van der Waals surface area (Å²) in [6, 6.07) is 2.97. The van der Waals surface area contributed by atoms with E-state index in [1.165, 1.54) is 12.1 Å². The van der Waals surface area contributed by atoms with Gasteiger partial charge in [-0.1, -0.05) is 19.8 Å². The highest BCUT2D eigenvalue weighted by molar-refractivity contribution is 5.97. The molecule has 10 nitrogen and oxygen atoms in total. The van der Waals surface area contributed by atoms with Gasteiger partial charge in [-0.25, -0.2) is 9.59 Å². The molecule has 0 aliphatic heterocycles. The fourth-order valence-electron chi connectivity index (χ4n) is 3.18. The Morgan fingerprint density at radius 3 is 2.62 bits per heavy atom. The molecule has 1 aliphatic rings. The molecule has 1 saturated carbocycles. The molecule has 0 aromatic heterocycles. The fraction of sp³-hybridized carbons (Fsp3) is 0.526. The number of nitro groups is 1. The second-order valence-corrected chi connectivity index (χ2v) is 6.84. The topological polar surface area (TPSA) is 137 Å². The number of hydrogen-bond acceptors (Lipinski definition) is 7. The van der Waals surface area contributed by atoms with Crippen LogP contribution in [0.1, 0.15) is 49.9 Å².